The first-order valence-corrected chi connectivity index (χ1v) is 5.81. The Morgan fingerprint density at radius 1 is 1.42 bits per heavy atom. The molecule has 0 atom stereocenters. The first kappa shape index (κ1) is 13.1. The second kappa shape index (κ2) is 5.09. The molecule has 0 aliphatic rings. The Morgan fingerprint density at radius 2 is 2.16 bits per heavy atom. The number of carbonyl (C=O) groups is 2. The van der Waals surface area contributed by atoms with Gasteiger partial charge in [-0.15, -0.1) is 0 Å². The van der Waals surface area contributed by atoms with Crippen LogP contribution in [0.4, 0.5) is 5.69 Å². The van der Waals surface area contributed by atoms with E-state index in [0.29, 0.717) is 5.69 Å². The number of benzene rings is 1. The van der Waals surface area contributed by atoms with Gasteiger partial charge in [-0.2, -0.15) is 0 Å². The van der Waals surface area contributed by atoms with Crippen molar-refractivity contribution in [3.05, 3.63) is 24.0 Å². The van der Waals surface area contributed by atoms with Gasteiger partial charge in [0.2, 0.25) is 5.91 Å². The van der Waals surface area contributed by atoms with Crippen LogP contribution in [0.2, 0.25) is 0 Å². The summed E-state index contributed by atoms with van der Waals surface area (Å²) in [5.74, 6) is -0.0702. The van der Waals surface area contributed by atoms with E-state index in [1.54, 1.807) is 12.1 Å². The molecule has 0 aliphatic heterocycles. The minimum absolute atomic E-state index is 0.296. The van der Waals surface area contributed by atoms with Gasteiger partial charge in [-0.1, -0.05) is 0 Å². The predicted molar refractivity (Wildman–Crippen MR) is 70.7 cm³/mol. The van der Waals surface area contributed by atoms with Gasteiger partial charge in [0.25, 0.3) is 0 Å². The van der Waals surface area contributed by atoms with Crippen LogP contribution in [0.3, 0.4) is 0 Å². The van der Waals surface area contributed by atoms with Gasteiger partial charge in [0.05, 0.1) is 18.1 Å². The van der Waals surface area contributed by atoms with E-state index < -0.39 is 11.9 Å². The van der Waals surface area contributed by atoms with E-state index in [0.717, 1.165) is 16.9 Å². The summed E-state index contributed by atoms with van der Waals surface area (Å²) >= 11 is 0. The molecule has 2 rings (SSSR count). The summed E-state index contributed by atoms with van der Waals surface area (Å²) in [6.45, 7) is 1.91. The van der Waals surface area contributed by atoms with Crippen molar-refractivity contribution < 1.29 is 14.3 Å². The monoisotopic (exact) mass is 261 g/mol. The van der Waals surface area contributed by atoms with Gasteiger partial charge in [-0.05, 0) is 25.1 Å². The zero-order chi connectivity index (χ0) is 14.0. The molecule has 0 saturated heterocycles. The molecule has 1 heterocycles. The van der Waals surface area contributed by atoms with Gasteiger partial charge in [0.15, 0.2) is 0 Å². The third-order valence-corrected chi connectivity index (χ3v) is 2.92. The first-order chi connectivity index (χ1) is 9.01. The van der Waals surface area contributed by atoms with E-state index in [1.807, 2.05) is 24.6 Å². The largest absolute Gasteiger partial charge is 0.469 e. The number of ether oxygens (including phenoxy) is 1. The number of aryl methyl sites for hydroxylation is 2. The summed E-state index contributed by atoms with van der Waals surface area (Å²) in [4.78, 5) is 26.9. The Labute approximate surface area is 110 Å². The SMILES string of the molecule is COC(=O)CC(=O)Nc1ccc2c(c1)nc(C)n2C. The highest BCUT2D eigenvalue weighted by molar-refractivity contribution is 6.02. The van der Waals surface area contributed by atoms with Crippen molar-refractivity contribution in [3.8, 4) is 0 Å². The average molecular weight is 261 g/mol. The van der Waals surface area contributed by atoms with Crippen molar-refractivity contribution in [2.75, 3.05) is 12.4 Å². The van der Waals surface area contributed by atoms with Crippen LogP contribution in [-0.2, 0) is 21.4 Å². The van der Waals surface area contributed by atoms with E-state index in [2.05, 4.69) is 15.0 Å². The van der Waals surface area contributed by atoms with Gasteiger partial charge < -0.3 is 14.6 Å². The highest BCUT2D eigenvalue weighted by Gasteiger charge is 2.11. The molecule has 0 unspecified atom stereocenters. The minimum atomic E-state index is -0.563. The summed E-state index contributed by atoms with van der Waals surface area (Å²) in [6, 6.07) is 5.43. The summed E-state index contributed by atoms with van der Waals surface area (Å²) in [7, 11) is 3.18. The van der Waals surface area contributed by atoms with Crippen LogP contribution in [0.15, 0.2) is 18.2 Å². The number of esters is 1. The maximum atomic E-state index is 11.6. The number of fused-ring (bicyclic) bond motifs is 1. The molecule has 1 aromatic carbocycles. The molecule has 6 nitrogen and oxygen atoms in total. The lowest BCUT2D eigenvalue weighted by molar-refractivity contribution is -0.142. The molecule has 2 aromatic rings. The van der Waals surface area contributed by atoms with Crippen LogP contribution in [0.5, 0.6) is 0 Å². The molecule has 6 heteroatoms. The number of aromatic nitrogens is 2. The van der Waals surface area contributed by atoms with Crippen LogP contribution in [0, 0.1) is 6.92 Å². The van der Waals surface area contributed by atoms with E-state index in [9.17, 15) is 9.59 Å². The van der Waals surface area contributed by atoms with Crippen LogP contribution in [0.25, 0.3) is 11.0 Å². The highest BCUT2D eigenvalue weighted by atomic mass is 16.5. The summed E-state index contributed by atoms with van der Waals surface area (Å²) < 4.78 is 6.40. The Morgan fingerprint density at radius 3 is 2.84 bits per heavy atom. The van der Waals surface area contributed by atoms with Crippen molar-refractivity contribution in [1.29, 1.82) is 0 Å². The Bertz CT molecular complexity index is 646. The molecule has 1 N–H and O–H groups in total. The number of anilines is 1. The van der Waals surface area contributed by atoms with E-state index in [1.165, 1.54) is 7.11 Å². The molecule has 0 aliphatic carbocycles. The Hall–Kier alpha value is -2.37. The topological polar surface area (TPSA) is 73.2 Å². The van der Waals surface area contributed by atoms with Gasteiger partial charge in [0, 0.05) is 12.7 Å². The number of methoxy groups -OCH3 is 1. The highest BCUT2D eigenvalue weighted by Crippen LogP contribution is 2.19. The van der Waals surface area contributed by atoms with Gasteiger partial charge in [-0.25, -0.2) is 4.98 Å². The molecule has 100 valence electrons. The number of hydrogen-bond donors (Lipinski definition) is 1. The van der Waals surface area contributed by atoms with Crippen LogP contribution >= 0.6 is 0 Å². The fourth-order valence-electron chi connectivity index (χ4n) is 1.81. The molecular formula is C13H15N3O3. The Balaban J connectivity index is 2.18. The normalized spacial score (nSPS) is 10.5. The number of hydrogen-bond acceptors (Lipinski definition) is 4. The van der Waals surface area contributed by atoms with E-state index in [4.69, 9.17) is 0 Å². The Kier molecular flexibility index (Phi) is 3.50. The molecular weight excluding hydrogens is 246 g/mol. The second-order valence-corrected chi connectivity index (χ2v) is 4.22. The van der Waals surface area contributed by atoms with Crippen LogP contribution in [-0.4, -0.2) is 28.5 Å². The number of amides is 1. The van der Waals surface area contributed by atoms with E-state index in [-0.39, 0.29) is 6.42 Å². The number of imidazole rings is 1. The van der Waals surface area contributed by atoms with Crippen molar-refractivity contribution in [3.63, 3.8) is 0 Å². The molecule has 1 amide bonds. The number of nitrogens with one attached hydrogen (secondary N) is 1. The maximum absolute atomic E-state index is 11.6. The molecule has 0 saturated carbocycles. The quantitative estimate of drug-likeness (QED) is 0.669. The fraction of sp³-hybridized carbons (Fsp3) is 0.308. The van der Waals surface area contributed by atoms with Crippen molar-refractivity contribution in [1.82, 2.24) is 9.55 Å². The van der Waals surface area contributed by atoms with E-state index >= 15 is 0 Å². The van der Waals surface area contributed by atoms with Gasteiger partial charge in [-0.3, -0.25) is 9.59 Å². The van der Waals surface area contributed by atoms with Crippen molar-refractivity contribution in [2.24, 2.45) is 7.05 Å². The third kappa shape index (κ3) is 2.73. The van der Waals surface area contributed by atoms with Crippen LogP contribution in [0.1, 0.15) is 12.2 Å². The number of rotatable bonds is 3. The summed E-state index contributed by atoms with van der Waals surface area (Å²) in [6.07, 6.45) is -0.296. The predicted octanol–water partition coefficient (Wildman–Crippen LogP) is 1.38. The van der Waals surface area contributed by atoms with Crippen molar-refractivity contribution in [2.45, 2.75) is 13.3 Å². The number of nitrogens with zero attached hydrogens (tertiary/aromatic N) is 2. The molecule has 19 heavy (non-hydrogen) atoms. The van der Waals surface area contributed by atoms with Gasteiger partial charge >= 0.3 is 5.97 Å². The minimum Gasteiger partial charge on any atom is -0.469 e. The lowest BCUT2D eigenvalue weighted by atomic mass is 10.2. The van der Waals surface area contributed by atoms with Gasteiger partial charge in [0.1, 0.15) is 12.2 Å². The molecule has 0 spiro atoms. The number of carbonyl (C=O) groups excluding carboxylic acids is 2. The first-order valence-electron chi connectivity index (χ1n) is 5.81. The standard InChI is InChI=1S/C13H15N3O3/c1-8-14-10-6-9(4-5-11(10)16(8)2)15-12(17)7-13(18)19-3/h4-6H,7H2,1-3H3,(H,15,17). The second-order valence-electron chi connectivity index (χ2n) is 4.22. The van der Waals surface area contributed by atoms with Crippen molar-refractivity contribution >= 4 is 28.6 Å². The molecule has 0 radical (unpaired) electrons. The maximum Gasteiger partial charge on any atom is 0.315 e. The summed E-state index contributed by atoms with van der Waals surface area (Å²) in [5, 5.41) is 2.64. The molecule has 0 fully saturated rings. The summed E-state index contributed by atoms with van der Waals surface area (Å²) in [5.41, 5.74) is 2.40. The fourth-order valence-corrected chi connectivity index (χ4v) is 1.81. The van der Waals surface area contributed by atoms with Crippen LogP contribution < -0.4 is 5.32 Å². The average Bonchev–Trinajstić information content (AvgIpc) is 2.64. The lowest BCUT2D eigenvalue weighted by Gasteiger charge is -2.04. The smallest absolute Gasteiger partial charge is 0.315 e. The third-order valence-electron chi connectivity index (χ3n) is 2.92. The zero-order valence-electron chi connectivity index (χ0n) is 11.1. The molecule has 1 aromatic heterocycles. The lowest BCUT2D eigenvalue weighted by Crippen LogP contribution is -2.17. The molecule has 0 bridgehead atoms. The zero-order valence-corrected chi connectivity index (χ0v) is 11.1.